The van der Waals surface area contributed by atoms with Crippen molar-refractivity contribution in [3.05, 3.63) is 70.7 Å². The quantitative estimate of drug-likeness (QED) is 0.585. The highest BCUT2D eigenvalue weighted by molar-refractivity contribution is 6.30. The second kappa shape index (κ2) is 9.14. The van der Waals surface area contributed by atoms with Crippen molar-refractivity contribution in [3.8, 4) is 0 Å². The predicted molar refractivity (Wildman–Crippen MR) is 106 cm³/mol. The van der Waals surface area contributed by atoms with Crippen LogP contribution in [0.1, 0.15) is 66.8 Å². The van der Waals surface area contributed by atoms with Gasteiger partial charge in [0.05, 0.1) is 0 Å². The van der Waals surface area contributed by atoms with E-state index in [1.54, 1.807) is 0 Å². The van der Waals surface area contributed by atoms with E-state index in [0.29, 0.717) is 29.2 Å². The monoisotopic (exact) mass is 368 g/mol. The maximum Gasteiger partial charge on any atom is 0.163 e. The summed E-state index contributed by atoms with van der Waals surface area (Å²) < 4.78 is 0. The number of Topliss-reactive ketones (excluding diaryl/α,β-unsaturated/α-hetero) is 2. The van der Waals surface area contributed by atoms with Crippen LogP contribution >= 0.6 is 11.6 Å². The molecule has 0 bridgehead atoms. The Kier molecular flexibility index (Phi) is 6.62. The third kappa shape index (κ3) is 4.82. The Morgan fingerprint density at radius 1 is 1.00 bits per heavy atom. The van der Waals surface area contributed by atoms with Gasteiger partial charge in [-0.05, 0) is 30.5 Å². The summed E-state index contributed by atoms with van der Waals surface area (Å²) in [5, 5.41) is 0.651. The molecule has 0 saturated heterocycles. The summed E-state index contributed by atoms with van der Waals surface area (Å²) in [6.07, 6.45) is 6.14. The molecule has 0 aliphatic heterocycles. The average Bonchev–Trinajstić information content (AvgIpc) is 2.64. The molecule has 0 unspecified atom stereocenters. The van der Waals surface area contributed by atoms with Crippen molar-refractivity contribution in [2.45, 2.75) is 50.9 Å². The van der Waals surface area contributed by atoms with Gasteiger partial charge in [-0.25, -0.2) is 0 Å². The summed E-state index contributed by atoms with van der Waals surface area (Å²) >= 11 is 6.21. The molecule has 0 N–H and O–H groups in total. The lowest BCUT2D eigenvalue weighted by atomic mass is 9.75. The second-order valence-electron chi connectivity index (χ2n) is 7.18. The van der Waals surface area contributed by atoms with Crippen LogP contribution in [0.2, 0.25) is 5.02 Å². The Bertz CT molecular complexity index is 754. The van der Waals surface area contributed by atoms with Crippen LogP contribution in [0.3, 0.4) is 0 Å². The molecule has 0 aromatic heterocycles. The Balaban J connectivity index is 1.90. The summed E-state index contributed by atoms with van der Waals surface area (Å²) in [5.41, 5.74) is 1.71. The van der Waals surface area contributed by atoms with Gasteiger partial charge in [0, 0.05) is 35.3 Å². The van der Waals surface area contributed by atoms with E-state index in [4.69, 9.17) is 11.6 Å². The van der Waals surface area contributed by atoms with E-state index in [9.17, 15) is 9.59 Å². The minimum absolute atomic E-state index is 0.0884. The van der Waals surface area contributed by atoms with E-state index >= 15 is 0 Å². The third-order valence-corrected chi connectivity index (χ3v) is 5.60. The van der Waals surface area contributed by atoms with Gasteiger partial charge in [-0.15, -0.1) is 0 Å². The molecule has 0 radical (unpaired) electrons. The number of rotatable bonds is 5. The summed E-state index contributed by atoms with van der Waals surface area (Å²) in [7, 11) is 0. The molecule has 2 nitrogen and oxygen atoms in total. The number of carbonyl (C=O) groups excluding carboxylic acids is 2. The molecule has 1 saturated carbocycles. The standard InChI is InChI=1S/C23H25ClO2/c24-19-12-8-11-18(15-19)21(16-23(26)17-9-4-3-5-10-17)20-13-6-1-2-7-14-22(20)25/h3-5,8-12,15,20-21H,1-2,6-7,13-14,16H2/t20-,21-/m1/s1. The zero-order chi connectivity index (χ0) is 18.4. The van der Waals surface area contributed by atoms with Gasteiger partial charge >= 0.3 is 0 Å². The lowest BCUT2D eigenvalue weighted by Crippen LogP contribution is -2.26. The molecule has 0 spiro atoms. The third-order valence-electron chi connectivity index (χ3n) is 5.37. The van der Waals surface area contributed by atoms with Crippen LogP contribution in [0.5, 0.6) is 0 Å². The molecule has 26 heavy (non-hydrogen) atoms. The first-order chi connectivity index (χ1) is 12.6. The summed E-state index contributed by atoms with van der Waals surface area (Å²) in [6, 6.07) is 17.0. The minimum atomic E-state index is -0.105. The van der Waals surface area contributed by atoms with Crippen molar-refractivity contribution >= 4 is 23.2 Å². The first-order valence-electron chi connectivity index (χ1n) is 9.51. The van der Waals surface area contributed by atoms with Crippen LogP contribution in [-0.2, 0) is 4.79 Å². The highest BCUT2D eigenvalue weighted by Crippen LogP contribution is 2.36. The molecule has 3 rings (SSSR count). The van der Waals surface area contributed by atoms with Gasteiger partial charge in [0.1, 0.15) is 5.78 Å². The van der Waals surface area contributed by atoms with Gasteiger partial charge in [0.15, 0.2) is 5.78 Å². The molecule has 1 aliphatic carbocycles. The number of benzene rings is 2. The summed E-state index contributed by atoms with van der Waals surface area (Å²) in [4.78, 5) is 25.7. The highest BCUT2D eigenvalue weighted by atomic mass is 35.5. The fourth-order valence-electron chi connectivity index (χ4n) is 3.96. The minimum Gasteiger partial charge on any atom is -0.299 e. The number of hydrogen-bond acceptors (Lipinski definition) is 2. The van der Waals surface area contributed by atoms with Gasteiger partial charge in [-0.2, -0.15) is 0 Å². The smallest absolute Gasteiger partial charge is 0.163 e. The summed E-state index contributed by atoms with van der Waals surface area (Å²) in [5.74, 6) is 0.189. The molecule has 0 heterocycles. The molecule has 0 amide bonds. The number of ketones is 2. The van der Waals surface area contributed by atoms with Gasteiger partial charge in [0.25, 0.3) is 0 Å². The number of carbonyl (C=O) groups is 2. The van der Waals surface area contributed by atoms with Crippen molar-refractivity contribution in [3.63, 3.8) is 0 Å². The Morgan fingerprint density at radius 3 is 2.54 bits per heavy atom. The van der Waals surface area contributed by atoms with Gasteiger partial charge in [-0.1, -0.05) is 73.3 Å². The molecule has 136 valence electrons. The van der Waals surface area contributed by atoms with Gasteiger partial charge in [-0.3, -0.25) is 9.59 Å². The van der Waals surface area contributed by atoms with Gasteiger partial charge in [0.2, 0.25) is 0 Å². The van der Waals surface area contributed by atoms with E-state index in [1.165, 1.54) is 6.42 Å². The van der Waals surface area contributed by atoms with Crippen LogP contribution in [0.15, 0.2) is 54.6 Å². The zero-order valence-electron chi connectivity index (χ0n) is 15.0. The van der Waals surface area contributed by atoms with Crippen LogP contribution in [-0.4, -0.2) is 11.6 Å². The predicted octanol–water partition coefficient (Wildman–Crippen LogP) is 6.24. The molecule has 2 atom stereocenters. The maximum absolute atomic E-state index is 12.9. The lowest BCUT2D eigenvalue weighted by molar-refractivity contribution is -0.124. The molecular formula is C23H25ClO2. The lowest BCUT2D eigenvalue weighted by Gasteiger charge is -2.28. The SMILES string of the molecule is O=C(C[C@H](c1cccc(Cl)c1)[C@H]1CCCCCCC1=O)c1ccccc1. The topological polar surface area (TPSA) is 34.1 Å². The van der Waals surface area contributed by atoms with Crippen molar-refractivity contribution in [2.75, 3.05) is 0 Å². The van der Waals surface area contributed by atoms with Crippen molar-refractivity contribution in [1.82, 2.24) is 0 Å². The largest absolute Gasteiger partial charge is 0.299 e. The average molecular weight is 369 g/mol. The normalized spacial score (nSPS) is 19.4. The Labute approximate surface area is 160 Å². The number of hydrogen-bond donors (Lipinski definition) is 0. The van der Waals surface area contributed by atoms with Crippen LogP contribution in [0.4, 0.5) is 0 Å². The molecule has 2 aromatic carbocycles. The van der Waals surface area contributed by atoms with Crippen molar-refractivity contribution in [1.29, 1.82) is 0 Å². The fourth-order valence-corrected chi connectivity index (χ4v) is 4.16. The first-order valence-corrected chi connectivity index (χ1v) is 9.89. The molecule has 3 heteroatoms. The molecule has 1 fully saturated rings. The maximum atomic E-state index is 12.9. The van der Waals surface area contributed by atoms with Gasteiger partial charge < -0.3 is 0 Å². The molecule has 1 aliphatic rings. The molecule has 2 aromatic rings. The van der Waals surface area contributed by atoms with E-state index < -0.39 is 0 Å². The van der Waals surface area contributed by atoms with Crippen LogP contribution in [0, 0.1) is 5.92 Å². The van der Waals surface area contributed by atoms with Crippen molar-refractivity contribution in [2.24, 2.45) is 5.92 Å². The summed E-state index contributed by atoms with van der Waals surface area (Å²) in [6.45, 7) is 0. The molecular weight excluding hydrogens is 344 g/mol. The van der Waals surface area contributed by atoms with Crippen LogP contribution in [0.25, 0.3) is 0 Å². The Hall–Kier alpha value is -1.93. The van der Waals surface area contributed by atoms with E-state index in [-0.39, 0.29) is 17.6 Å². The zero-order valence-corrected chi connectivity index (χ0v) is 15.8. The Morgan fingerprint density at radius 2 is 1.77 bits per heavy atom. The van der Waals surface area contributed by atoms with Crippen molar-refractivity contribution < 1.29 is 9.59 Å². The highest BCUT2D eigenvalue weighted by Gasteiger charge is 2.31. The fraction of sp³-hybridized carbons (Fsp3) is 0.391. The van der Waals surface area contributed by atoms with E-state index in [0.717, 1.165) is 31.2 Å². The van der Waals surface area contributed by atoms with E-state index in [2.05, 4.69) is 0 Å². The van der Waals surface area contributed by atoms with E-state index in [1.807, 2.05) is 54.6 Å². The van der Waals surface area contributed by atoms with Crippen LogP contribution < -0.4 is 0 Å². The number of halogens is 1. The first kappa shape index (κ1) is 18.8. The second-order valence-corrected chi connectivity index (χ2v) is 7.62.